The molecule has 25 heavy (non-hydrogen) atoms. The predicted octanol–water partition coefficient (Wildman–Crippen LogP) is 4.07. The molecule has 0 aromatic heterocycles. The highest BCUT2D eigenvalue weighted by atomic mass is 32.2. The molecular weight excluding hydrogens is 332 g/mol. The van der Waals surface area contributed by atoms with Crippen LogP contribution in [0.25, 0.3) is 0 Å². The molecule has 2 aromatic carbocycles. The first kappa shape index (κ1) is 17.3. The van der Waals surface area contributed by atoms with E-state index < -0.39 is 0 Å². The number of ether oxygens (including phenoxy) is 1. The minimum atomic E-state index is -0.301. The van der Waals surface area contributed by atoms with Crippen molar-refractivity contribution >= 4 is 22.9 Å². The molecule has 1 heterocycles. The second kappa shape index (κ2) is 8.03. The lowest BCUT2D eigenvalue weighted by molar-refractivity contribution is -0.140. The van der Waals surface area contributed by atoms with Gasteiger partial charge in [0.2, 0.25) is 0 Å². The number of esters is 1. The van der Waals surface area contributed by atoms with Gasteiger partial charge in [0.15, 0.2) is 5.17 Å². The minimum Gasteiger partial charge on any atom is -0.457 e. The summed E-state index contributed by atoms with van der Waals surface area (Å²) in [6.45, 7) is 2.15. The normalized spacial score (nSPS) is 18.8. The molecule has 128 valence electrons. The van der Waals surface area contributed by atoms with Crippen LogP contribution in [-0.4, -0.2) is 18.2 Å². The summed E-state index contributed by atoms with van der Waals surface area (Å²) >= 11 is 1.53. The second-order valence-corrected chi connectivity index (χ2v) is 6.76. The van der Waals surface area contributed by atoms with Gasteiger partial charge in [0.05, 0.1) is 10.8 Å². The van der Waals surface area contributed by atoms with Crippen LogP contribution in [0.4, 0.5) is 0 Å². The Morgan fingerprint density at radius 3 is 2.40 bits per heavy atom. The van der Waals surface area contributed by atoms with Crippen LogP contribution in [0.15, 0.2) is 76.9 Å². The molecule has 0 fully saturated rings. The van der Waals surface area contributed by atoms with Gasteiger partial charge < -0.3 is 10.1 Å². The summed E-state index contributed by atoms with van der Waals surface area (Å²) in [4.78, 5) is 17.0. The van der Waals surface area contributed by atoms with E-state index in [0.717, 1.165) is 22.0 Å². The molecule has 1 unspecified atom stereocenters. The largest absolute Gasteiger partial charge is 0.457 e. The van der Waals surface area contributed by atoms with Crippen molar-refractivity contribution in [2.24, 2.45) is 4.99 Å². The van der Waals surface area contributed by atoms with E-state index in [9.17, 15) is 4.79 Å². The number of aliphatic imine (C=N–C) groups is 1. The summed E-state index contributed by atoms with van der Waals surface area (Å²) in [7, 11) is 1.74. The van der Waals surface area contributed by atoms with Crippen LogP contribution in [-0.2, 0) is 16.1 Å². The summed E-state index contributed by atoms with van der Waals surface area (Å²) < 4.78 is 5.57. The number of amidine groups is 1. The van der Waals surface area contributed by atoms with E-state index in [1.54, 1.807) is 7.05 Å². The Kier molecular flexibility index (Phi) is 5.56. The van der Waals surface area contributed by atoms with Crippen molar-refractivity contribution in [1.29, 1.82) is 0 Å². The highest BCUT2D eigenvalue weighted by Gasteiger charge is 2.32. The standard InChI is InChI=1S/C20H20N2O2S/c1-14-17(19(23)24-13-15-9-5-3-6-10-15)18(25-20(21-2)22-14)16-11-7-4-8-12-16/h3-12,18H,13H2,1-2H3,(H,21,22). The lowest BCUT2D eigenvalue weighted by atomic mass is 10.0. The summed E-state index contributed by atoms with van der Waals surface area (Å²) in [5.74, 6) is -0.301. The fourth-order valence-electron chi connectivity index (χ4n) is 2.66. The van der Waals surface area contributed by atoms with Crippen LogP contribution in [0.1, 0.15) is 23.3 Å². The highest BCUT2D eigenvalue weighted by molar-refractivity contribution is 8.14. The van der Waals surface area contributed by atoms with E-state index in [-0.39, 0.29) is 17.8 Å². The van der Waals surface area contributed by atoms with Gasteiger partial charge in [-0.3, -0.25) is 4.99 Å². The molecule has 2 aromatic rings. The number of allylic oxidation sites excluding steroid dienone is 1. The topological polar surface area (TPSA) is 50.7 Å². The quantitative estimate of drug-likeness (QED) is 0.843. The fraction of sp³-hybridized carbons (Fsp3) is 0.200. The van der Waals surface area contributed by atoms with Gasteiger partial charge >= 0.3 is 5.97 Å². The van der Waals surface area contributed by atoms with Gasteiger partial charge in [-0.15, -0.1) is 0 Å². The number of carbonyl (C=O) groups is 1. The van der Waals surface area contributed by atoms with E-state index >= 15 is 0 Å². The third-order valence-electron chi connectivity index (χ3n) is 3.93. The van der Waals surface area contributed by atoms with E-state index in [1.807, 2.05) is 67.6 Å². The number of thioether (sulfide) groups is 1. The van der Waals surface area contributed by atoms with Gasteiger partial charge in [-0.25, -0.2) is 4.79 Å². The van der Waals surface area contributed by atoms with Crippen LogP contribution in [0.5, 0.6) is 0 Å². The van der Waals surface area contributed by atoms with Gasteiger partial charge in [-0.1, -0.05) is 72.4 Å². The lowest BCUT2D eigenvalue weighted by Crippen LogP contribution is -2.30. The molecule has 1 N–H and O–H groups in total. The number of rotatable bonds is 4. The van der Waals surface area contributed by atoms with Crippen molar-refractivity contribution < 1.29 is 9.53 Å². The van der Waals surface area contributed by atoms with Crippen molar-refractivity contribution in [3.63, 3.8) is 0 Å². The monoisotopic (exact) mass is 352 g/mol. The third kappa shape index (κ3) is 4.12. The van der Waals surface area contributed by atoms with Gasteiger partial charge in [-0.05, 0) is 18.1 Å². The van der Waals surface area contributed by atoms with E-state index in [1.165, 1.54) is 11.8 Å². The molecule has 1 atom stereocenters. The summed E-state index contributed by atoms with van der Waals surface area (Å²) in [5.41, 5.74) is 3.45. The Balaban J connectivity index is 1.85. The molecule has 0 spiro atoms. The van der Waals surface area contributed by atoms with E-state index in [0.29, 0.717) is 5.57 Å². The van der Waals surface area contributed by atoms with Crippen molar-refractivity contribution in [2.75, 3.05) is 7.05 Å². The number of benzene rings is 2. The number of carbonyl (C=O) groups excluding carboxylic acids is 1. The Morgan fingerprint density at radius 2 is 1.76 bits per heavy atom. The van der Waals surface area contributed by atoms with Crippen molar-refractivity contribution in [2.45, 2.75) is 18.8 Å². The first-order valence-electron chi connectivity index (χ1n) is 8.06. The van der Waals surface area contributed by atoms with Crippen molar-refractivity contribution in [3.8, 4) is 0 Å². The number of hydrogen-bond acceptors (Lipinski definition) is 4. The molecule has 4 nitrogen and oxygen atoms in total. The van der Waals surface area contributed by atoms with Gasteiger partial charge in [0, 0.05) is 12.7 Å². The Morgan fingerprint density at radius 1 is 1.12 bits per heavy atom. The van der Waals surface area contributed by atoms with E-state index in [2.05, 4.69) is 10.3 Å². The van der Waals surface area contributed by atoms with Crippen molar-refractivity contribution in [3.05, 3.63) is 83.1 Å². The summed E-state index contributed by atoms with van der Waals surface area (Å²) in [6.07, 6.45) is 0. The first-order valence-corrected chi connectivity index (χ1v) is 8.94. The zero-order valence-corrected chi connectivity index (χ0v) is 15.0. The Hall–Kier alpha value is -2.53. The molecule has 1 aliphatic rings. The SMILES string of the molecule is CN=C1NC(C)=C(C(=O)OCc2ccccc2)C(c2ccccc2)S1. The fourth-order valence-corrected chi connectivity index (χ4v) is 3.88. The maximum Gasteiger partial charge on any atom is 0.337 e. The molecule has 0 saturated carbocycles. The van der Waals surface area contributed by atoms with E-state index in [4.69, 9.17) is 4.74 Å². The number of nitrogens with zero attached hydrogens (tertiary/aromatic N) is 1. The number of hydrogen-bond donors (Lipinski definition) is 1. The predicted molar refractivity (Wildman–Crippen MR) is 102 cm³/mol. The van der Waals surface area contributed by atoms with Crippen LogP contribution in [0, 0.1) is 0 Å². The van der Waals surface area contributed by atoms with Gasteiger partial charge in [-0.2, -0.15) is 0 Å². The van der Waals surface area contributed by atoms with Crippen LogP contribution >= 0.6 is 11.8 Å². The van der Waals surface area contributed by atoms with Crippen LogP contribution in [0.2, 0.25) is 0 Å². The maximum absolute atomic E-state index is 12.8. The van der Waals surface area contributed by atoms with Gasteiger partial charge in [0.25, 0.3) is 0 Å². The molecule has 0 amide bonds. The molecule has 0 saturated heterocycles. The molecule has 0 radical (unpaired) electrons. The lowest BCUT2D eigenvalue weighted by Gasteiger charge is -2.27. The second-order valence-electron chi connectivity index (χ2n) is 5.66. The molecule has 0 aliphatic carbocycles. The maximum atomic E-state index is 12.8. The molecule has 3 rings (SSSR count). The minimum absolute atomic E-state index is 0.135. The molecule has 0 bridgehead atoms. The van der Waals surface area contributed by atoms with Crippen molar-refractivity contribution in [1.82, 2.24) is 5.32 Å². The van der Waals surface area contributed by atoms with Gasteiger partial charge in [0.1, 0.15) is 6.61 Å². The average molecular weight is 352 g/mol. The Bertz CT molecular complexity index is 801. The highest BCUT2D eigenvalue weighted by Crippen LogP contribution is 2.40. The Labute approximate surface area is 152 Å². The summed E-state index contributed by atoms with van der Waals surface area (Å²) in [5, 5.41) is 3.85. The van der Waals surface area contributed by atoms with Crippen LogP contribution < -0.4 is 5.32 Å². The average Bonchev–Trinajstić information content (AvgIpc) is 2.67. The third-order valence-corrected chi connectivity index (χ3v) is 5.18. The zero-order chi connectivity index (χ0) is 17.6. The molecule has 5 heteroatoms. The smallest absolute Gasteiger partial charge is 0.337 e. The molecule has 1 aliphatic heterocycles. The summed E-state index contributed by atoms with van der Waals surface area (Å²) in [6, 6.07) is 19.7. The first-order chi connectivity index (χ1) is 12.2. The zero-order valence-electron chi connectivity index (χ0n) is 14.2. The number of nitrogens with one attached hydrogen (secondary N) is 1. The van der Waals surface area contributed by atoms with Crippen LogP contribution in [0.3, 0.4) is 0 Å². The molecular formula is C20H20N2O2S.